The molecule has 0 bridgehead atoms. The molecule has 1 amide bonds. The van der Waals surface area contributed by atoms with Crippen molar-refractivity contribution in [2.24, 2.45) is 0 Å². The van der Waals surface area contributed by atoms with Crippen molar-refractivity contribution in [1.82, 2.24) is 4.90 Å². The van der Waals surface area contributed by atoms with Gasteiger partial charge in [0.2, 0.25) is 0 Å². The second kappa shape index (κ2) is 8.61. The van der Waals surface area contributed by atoms with Gasteiger partial charge in [0.25, 0.3) is 11.6 Å². The number of nitro groups is 1. The van der Waals surface area contributed by atoms with Crippen LogP contribution in [0.1, 0.15) is 29.6 Å². The van der Waals surface area contributed by atoms with Crippen LogP contribution in [-0.4, -0.2) is 60.1 Å². The Balaban J connectivity index is 1.46. The van der Waals surface area contributed by atoms with Crippen LogP contribution in [0.5, 0.6) is 5.75 Å². The average molecular weight is 410 g/mol. The largest absolute Gasteiger partial charge is 0.508 e. The van der Waals surface area contributed by atoms with Crippen LogP contribution in [0.3, 0.4) is 0 Å². The van der Waals surface area contributed by atoms with Crippen LogP contribution in [0, 0.1) is 10.1 Å². The highest BCUT2D eigenvalue weighted by Gasteiger charge is 2.26. The van der Waals surface area contributed by atoms with Crippen LogP contribution in [0.15, 0.2) is 42.5 Å². The average Bonchev–Trinajstić information content (AvgIpc) is 2.79. The highest BCUT2D eigenvalue weighted by Crippen LogP contribution is 2.32. The predicted molar refractivity (Wildman–Crippen MR) is 115 cm³/mol. The molecule has 2 aliphatic heterocycles. The van der Waals surface area contributed by atoms with Crippen molar-refractivity contribution < 1.29 is 14.8 Å². The number of carbonyl (C=O) groups excluding carboxylic acids is 1. The van der Waals surface area contributed by atoms with Gasteiger partial charge in [0, 0.05) is 56.6 Å². The highest BCUT2D eigenvalue weighted by atomic mass is 16.6. The van der Waals surface area contributed by atoms with E-state index in [1.165, 1.54) is 6.07 Å². The zero-order chi connectivity index (χ0) is 21.1. The number of phenolic OH excluding ortho intramolecular Hbond substituents is 1. The number of anilines is 2. The molecular formula is C22H26N4O4. The van der Waals surface area contributed by atoms with Gasteiger partial charge in [-0.25, -0.2) is 0 Å². The van der Waals surface area contributed by atoms with Crippen LogP contribution >= 0.6 is 0 Å². The minimum absolute atomic E-state index is 0.00507. The first-order valence-corrected chi connectivity index (χ1v) is 10.4. The Labute approximate surface area is 175 Å². The number of aromatic hydroxyl groups is 1. The van der Waals surface area contributed by atoms with E-state index in [2.05, 4.69) is 4.90 Å². The maximum Gasteiger partial charge on any atom is 0.293 e. The van der Waals surface area contributed by atoms with E-state index in [0.717, 1.165) is 38.0 Å². The van der Waals surface area contributed by atoms with E-state index >= 15 is 0 Å². The Kier molecular flexibility index (Phi) is 5.74. The quantitative estimate of drug-likeness (QED) is 0.615. The molecule has 8 nitrogen and oxygen atoms in total. The van der Waals surface area contributed by atoms with Gasteiger partial charge >= 0.3 is 0 Å². The van der Waals surface area contributed by atoms with Gasteiger partial charge in [0.1, 0.15) is 11.4 Å². The molecule has 158 valence electrons. The molecule has 2 aromatic carbocycles. The zero-order valence-corrected chi connectivity index (χ0v) is 16.9. The minimum atomic E-state index is -0.385. The van der Waals surface area contributed by atoms with Gasteiger partial charge < -0.3 is 19.8 Å². The molecule has 0 aliphatic carbocycles. The van der Waals surface area contributed by atoms with Crippen LogP contribution in [-0.2, 0) is 0 Å². The van der Waals surface area contributed by atoms with E-state index in [9.17, 15) is 20.0 Å². The molecule has 4 rings (SSSR count). The second-order valence-corrected chi connectivity index (χ2v) is 7.80. The number of piperazine rings is 1. The van der Waals surface area contributed by atoms with E-state index in [0.29, 0.717) is 37.4 Å². The Hall–Kier alpha value is -3.29. The summed E-state index contributed by atoms with van der Waals surface area (Å²) in [7, 11) is 0. The normalized spacial score (nSPS) is 17.1. The number of piperidine rings is 1. The van der Waals surface area contributed by atoms with Crippen LogP contribution in [0.2, 0.25) is 0 Å². The van der Waals surface area contributed by atoms with Crippen molar-refractivity contribution in [3.8, 4) is 5.75 Å². The molecule has 2 heterocycles. The Morgan fingerprint density at radius 3 is 2.17 bits per heavy atom. The van der Waals surface area contributed by atoms with E-state index in [4.69, 9.17) is 0 Å². The molecule has 0 radical (unpaired) electrons. The summed E-state index contributed by atoms with van der Waals surface area (Å²) in [6.07, 6.45) is 3.21. The first kappa shape index (κ1) is 20.0. The number of benzene rings is 2. The molecule has 2 fully saturated rings. The van der Waals surface area contributed by atoms with Gasteiger partial charge in [0.15, 0.2) is 0 Å². The molecule has 0 unspecified atom stereocenters. The summed E-state index contributed by atoms with van der Waals surface area (Å²) in [6.45, 7) is 4.05. The van der Waals surface area contributed by atoms with Gasteiger partial charge in [-0.15, -0.1) is 0 Å². The molecule has 0 atom stereocenters. The molecule has 0 saturated carbocycles. The van der Waals surface area contributed by atoms with Crippen LogP contribution < -0.4 is 9.80 Å². The molecule has 2 saturated heterocycles. The maximum atomic E-state index is 13.0. The lowest BCUT2D eigenvalue weighted by Gasteiger charge is -2.36. The van der Waals surface area contributed by atoms with Gasteiger partial charge in [-0.05, 0) is 55.7 Å². The van der Waals surface area contributed by atoms with Gasteiger partial charge in [0.05, 0.1) is 4.92 Å². The van der Waals surface area contributed by atoms with Crippen LogP contribution in [0.4, 0.5) is 17.1 Å². The molecule has 8 heteroatoms. The Morgan fingerprint density at radius 2 is 1.53 bits per heavy atom. The Morgan fingerprint density at radius 1 is 0.867 bits per heavy atom. The van der Waals surface area contributed by atoms with Crippen LogP contribution in [0.25, 0.3) is 0 Å². The number of amides is 1. The van der Waals surface area contributed by atoms with Gasteiger partial charge in [-0.1, -0.05) is 0 Å². The predicted octanol–water partition coefficient (Wildman–Crippen LogP) is 3.25. The van der Waals surface area contributed by atoms with Gasteiger partial charge in [-0.2, -0.15) is 0 Å². The number of hydrogen-bond acceptors (Lipinski definition) is 6. The van der Waals surface area contributed by atoms with Crippen molar-refractivity contribution in [2.75, 3.05) is 49.1 Å². The van der Waals surface area contributed by atoms with Crippen molar-refractivity contribution in [2.45, 2.75) is 19.3 Å². The summed E-state index contributed by atoms with van der Waals surface area (Å²) in [5.74, 6) is 0.0517. The van der Waals surface area contributed by atoms with Crippen molar-refractivity contribution in [3.05, 3.63) is 58.1 Å². The standard InChI is InChI=1S/C22H26N4O4/c27-19-7-5-18(6-8-19)23-12-14-25(15-13-23)22(28)17-4-9-20(21(16-17)26(29)30)24-10-2-1-3-11-24/h4-9,16,27H,1-3,10-15H2. The van der Waals surface area contributed by atoms with Crippen molar-refractivity contribution in [3.63, 3.8) is 0 Å². The third-order valence-electron chi connectivity index (χ3n) is 5.90. The number of nitro benzene ring substituents is 1. The lowest BCUT2D eigenvalue weighted by molar-refractivity contribution is -0.384. The van der Waals surface area contributed by atoms with Gasteiger partial charge in [-0.3, -0.25) is 14.9 Å². The summed E-state index contributed by atoms with van der Waals surface area (Å²) >= 11 is 0. The Bertz CT molecular complexity index is 917. The first-order chi connectivity index (χ1) is 14.5. The number of carbonyl (C=O) groups is 1. The lowest BCUT2D eigenvalue weighted by Crippen LogP contribution is -2.48. The van der Waals surface area contributed by atoms with E-state index in [1.54, 1.807) is 29.2 Å². The zero-order valence-electron chi connectivity index (χ0n) is 16.9. The number of rotatable bonds is 4. The third kappa shape index (κ3) is 4.17. The SMILES string of the molecule is O=C(c1ccc(N2CCCCC2)c([N+](=O)[O-])c1)N1CCN(c2ccc(O)cc2)CC1. The molecule has 0 spiro atoms. The number of phenols is 1. The monoisotopic (exact) mass is 410 g/mol. The first-order valence-electron chi connectivity index (χ1n) is 10.4. The molecule has 1 N–H and O–H groups in total. The topological polar surface area (TPSA) is 90.2 Å². The third-order valence-corrected chi connectivity index (χ3v) is 5.90. The summed E-state index contributed by atoms with van der Waals surface area (Å²) in [5, 5.41) is 21.1. The van der Waals surface area contributed by atoms with Crippen molar-refractivity contribution in [1.29, 1.82) is 0 Å². The molecule has 2 aromatic rings. The number of hydrogen-bond donors (Lipinski definition) is 1. The summed E-state index contributed by atoms with van der Waals surface area (Å²) < 4.78 is 0. The fraction of sp³-hybridized carbons (Fsp3) is 0.409. The van der Waals surface area contributed by atoms with Crippen molar-refractivity contribution >= 4 is 23.0 Å². The smallest absolute Gasteiger partial charge is 0.293 e. The molecular weight excluding hydrogens is 384 g/mol. The van der Waals surface area contributed by atoms with E-state index < -0.39 is 0 Å². The fourth-order valence-corrected chi connectivity index (χ4v) is 4.22. The maximum absolute atomic E-state index is 13.0. The highest BCUT2D eigenvalue weighted by molar-refractivity contribution is 5.96. The summed E-state index contributed by atoms with van der Waals surface area (Å²) in [6, 6.07) is 11.9. The minimum Gasteiger partial charge on any atom is -0.508 e. The van der Waals surface area contributed by atoms with E-state index in [-0.39, 0.29) is 22.3 Å². The molecule has 0 aromatic heterocycles. The molecule has 2 aliphatic rings. The fourth-order valence-electron chi connectivity index (χ4n) is 4.22. The number of nitrogens with zero attached hydrogens (tertiary/aromatic N) is 4. The second-order valence-electron chi connectivity index (χ2n) is 7.80. The summed E-state index contributed by atoms with van der Waals surface area (Å²) in [4.78, 5) is 30.2. The molecule has 30 heavy (non-hydrogen) atoms. The lowest BCUT2D eigenvalue weighted by atomic mass is 10.1. The summed E-state index contributed by atoms with van der Waals surface area (Å²) in [5.41, 5.74) is 1.97. The van der Waals surface area contributed by atoms with E-state index in [1.807, 2.05) is 17.0 Å².